The van der Waals surface area contributed by atoms with E-state index in [2.05, 4.69) is 15.5 Å². The number of rotatable bonds is 6. The number of carbonyl (C=O) groups excluding carboxylic acids is 1. The number of tetrazole rings is 1. The Morgan fingerprint density at radius 2 is 2.04 bits per heavy atom. The Morgan fingerprint density at radius 1 is 1.19 bits per heavy atom. The third-order valence-electron chi connectivity index (χ3n) is 5.07. The summed E-state index contributed by atoms with van der Waals surface area (Å²) in [5, 5.41) is 11.1. The summed E-state index contributed by atoms with van der Waals surface area (Å²) in [6.45, 7) is 1.35. The maximum absolute atomic E-state index is 13.0. The third kappa shape index (κ3) is 3.79. The van der Waals surface area contributed by atoms with Crippen LogP contribution in [0.25, 0.3) is 0 Å². The van der Waals surface area contributed by atoms with E-state index < -0.39 is 0 Å². The number of ether oxygens (including phenoxy) is 2. The van der Waals surface area contributed by atoms with E-state index in [0.717, 1.165) is 29.9 Å². The summed E-state index contributed by atoms with van der Waals surface area (Å²) in [4.78, 5) is 15.0. The number of hydrogen-bond donors (Lipinski definition) is 0. The number of fused-ring (bicyclic) bond motifs is 1. The van der Waals surface area contributed by atoms with E-state index in [9.17, 15) is 4.79 Å². The highest BCUT2D eigenvalue weighted by Gasteiger charge is 2.26. The lowest BCUT2D eigenvalue weighted by Crippen LogP contribution is -2.41. The lowest BCUT2D eigenvalue weighted by atomic mass is 9.93. The number of aryl methyl sites for hydroxylation is 1. The summed E-state index contributed by atoms with van der Waals surface area (Å²) in [6, 6.07) is 6.21. The Balaban J connectivity index is 1.47. The van der Waals surface area contributed by atoms with Crippen molar-refractivity contribution in [2.24, 2.45) is 0 Å². The van der Waals surface area contributed by atoms with Crippen LogP contribution in [-0.2, 0) is 17.9 Å². The molecule has 2 heterocycles. The minimum atomic E-state index is 0.144. The van der Waals surface area contributed by atoms with Crippen molar-refractivity contribution in [2.75, 3.05) is 6.79 Å². The Bertz CT molecular complexity index is 743. The van der Waals surface area contributed by atoms with Crippen LogP contribution in [0.3, 0.4) is 0 Å². The van der Waals surface area contributed by atoms with Gasteiger partial charge in [0, 0.05) is 19.0 Å². The molecular weight excluding hydrogens is 334 g/mol. The van der Waals surface area contributed by atoms with Gasteiger partial charge in [-0.05, 0) is 41.0 Å². The first kappa shape index (κ1) is 16.8. The summed E-state index contributed by atoms with van der Waals surface area (Å²) in [5.41, 5.74) is 1.07. The molecule has 0 N–H and O–H groups in total. The van der Waals surface area contributed by atoms with Crippen LogP contribution >= 0.6 is 0 Å². The highest BCUT2D eigenvalue weighted by atomic mass is 16.7. The quantitative estimate of drug-likeness (QED) is 0.788. The van der Waals surface area contributed by atoms with Crippen molar-refractivity contribution in [1.29, 1.82) is 0 Å². The largest absolute Gasteiger partial charge is 0.454 e. The highest BCUT2D eigenvalue weighted by Crippen LogP contribution is 2.33. The molecule has 1 aromatic heterocycles. The van der Waals surface area contributed by atoms with E-state index in [1.165, 1.54) is 25.6 Å². The summed E-state index contributed by atoms with van der Waals surface area (Å²) in [5.74, 6) is 1.67. The van der Waals surface area contributed by atoms with Crippen molar-refractivity contribution < 1.29 is 14.3 Å². The summed E-state index contributed by atoms with van der Waals surface area (Å²) in [7, 11) is 0. The predicted octanol–water partition coefficient (Wildman–Crippen LogP) is 2.15. The van der Waals surface area contributed by atoms with Crippen LogP contribution < -0.4 is 9.47 Å². The molecule has 0 bridgehead atoms. The van der Waals surface area contributed by atoms with Crippen molar-refractivity contribution in [3.63, 3.8) is 0 Å². The zero-order valence-corrected chi connectivity index (χ0v) is 14.7. The van der Waals surface area contributed by atoms with Gasteiger partial charge < -0.3 is 14.4 Å². The molecule has 26 heavy (non-hydrogen) atoms. The van der Waals surface area contributed by atoms with Crippen LogP contribution in [0, 0.1) is 0 Å². The Kier molecular flexibility index (Phi) is 4.99. The molecule has 0 atom stereocenters. The van der Waals surface area contributed by atoms with E-state index in [4.69, 9.17) is 9.47 Å². The molecule has 0 spiro atoms. The van der Waals surface area contributed by atoms with Gasteiger partial charge >= 0.3 is 0 Å². The molecule has 1 fully saturated rings. The molecule has 2 aliphatic rings. The fraction of sp³-hybridized carbons (Fsp3) is 0.556. The topological polar surface area (TPSA) is 82.4 Å². The summed E-state index contributed by atoms with van der Waals surface area (Å²) < 4.78 is 12.4. The number of aromatic nitrogens is 4. The van der Waals surface area contributed by atoms with Crippen LogP contribution in [0.1, 0.15) is 44.1 Å². The van der Waals surface area contributed by atoms with E-state index in [0.29, 0.717) is 25.6 Å². The van der Waals surface area contributed by atoms with Gasteiger partial charge in [0.05, 0.1) is 6.54 Å². The molecule has 138 valence electrons. The number of carbonyl (C=O) groups is 1. The highest BCUT2D eigenvalue weighted by molar-refractivity contribution is 5.76. The van der Waals surface area contributed by atoms with Crippen LogP contribution in [0.5, 0.6) is 11.5 Å². The van der Waals surface area contributed by atoms with Crippen molar-refractivity contribution in [1.82, 2.24) is 25.1 Å². The Hall–Kier alpha value is -2.64. The molecule has 0 radical (unpaired) electrons. The number of amides is 1. The van der Waals surface area contributed by atoms with Gasteiger partial charge in [-0.2, -0.15) is 0 Å². The van der Waals surface area contributed by atoms with Gasteiger partial charge in [-0.1, -0.05) is 25.3 Å². The molecule has 1 aromatic carbocycles. The van der Waals surface area contributed by atoms with Gasteiger partial charge in [-0.3, -0.25) is 4.79 Å². The summed E-state index contributed by atoms with van der Waals surface area (Å²) >= 11 is 0. The number of hydrogen-bond acceptors (Lipinski definition) is 6. The molecule has 8 heteroatoms. The summed E-state index contributed by atoms with van der Waals surface area (Å²) in [6.07, 6.45) is 7.70. The van der Waals surface area contributed by atoms with Gasteiger partial charge in [-0.25, -0.2) is 4.68 Å². The normalized spacial score (nSPS) is 16.6. The van der Waals surface area contributed by atoms with Crippen LogP contribution in [-0.4, -0.2) is 43.8 Å². The van der Waals surface area contributed by atoms with E-state index in [-0.39, 0.29) is 12.7 Å². The average Bonchev–Trinajstić information content (AvgIpc) is 3.36. The lowest BCUT2D eigenvalue weighted by Gasteiger charge is -2.34. The van der Waals surface area contributed by atoms with Crippen molar-refractivity contribution in [2.45, 2.75) is 57.7 Å². The van der Waals surface area contributed by atoms with E-state index in [1.807, 2.05) is 23.1 Å². The first-order valence-corrected chi connectivity index (χ1v) is 9.18. The Labute approximate surface area is 152 Å². The SMILES string of the molecule is O=C(CCn1cnnn1)N(Cc1ccc2c(c1)OCO2)C1CCCCC1. The molecule has 8 nitrogen and oxygen atoms in total. The minimum Gasteiger partial charge on any atom is -0.454 e. The third-order valence-corrected chi connectivity index (χ3v) is 5.07. The molecular formula is C18H23N5O3. The van der Waals surface area contributed by atoms with Gasteiger partial charge in [-0.15, -0.1) is 5.10 Å². The van der Waals surface area contributed by atoms with Crippen LogP contribution in [0.15, 0.2) is 24.5 Å². The number of nitrogens with zero attached hydrogens (tertiary/aromatic N) is 5. The number of benzene rings is 1. The second-order valence-electron chi connectivity index (χ2n) is 6.82. The van der Waals surface area contributed by atoms with Crippen molar-refractivity contribution in [3.05, 3.63) is 30.1 Å². The van der Waals surface area contributed by atoms with Crippen molar-refractivity contribution in [3.8, 4) is 11.5 Å². The van der Waals surface area contributed by atoms with Gasteiger partial charge in [0.25, 0.3) is 0 Å². The monoisotopic (exact) mass is 357 g/mol. The molecule has 1 saturated carbocycles. The molecule has 2 aromatic rings. The van der Waals surface area contributed by atoms with Gasteiger partial charge in [0.2, 0.25) is 12.7 Å². The lowest BCUT2D eigenvalue weighted by molar-refractivity contribution is -0.135. The maximum Gasteiger partial charge on any atom is 0.231 e. The molecule has 4 rings (SSSR count). The molecule has 1 aliphatic heterocycles. The second-order valence-corrected chi connectivity index (χ2v) is 6.82. The minimum absolute atomic E-state index is 0.144. The van der Waals surface area contributed by atoms with E-state index >= 15 is 0 Å². The fourth-order valence-corrected chi connectivity index (χ4v) is 3.69. The first-order valence-electron chi connectivity index (χ1n) is 9.18. The smallest absolute Gasteiger partial charge is 0.231 e. The zero-order valence-electron chi connectivity index (χ0n) is 14.7. The molecule has 0 saturated heterocycles. The zero-order chi connectivity index (χ0) is 17.8. The van der Waals surface area contributed by atoms with Gasteiger partial charge in [0.15, 0.2) is 11.5 Å². The standard InChI is InChI=1S/C18H23N5O3/c24-18(8-9-22-12-19-20-21-22)23(15-4-2-1-3-5-15)11-14-6-7-16-17(10-14)26-13-25-16/h6-7,10,12,15H,1-5,8-9,11,13H2. The average molecular weight is 357 g/mol. The molecule has 1 aliphatic carbocycles. The predicted molar refractivity (Wildman–Crippen MR) is 92.4 cm³/mol. The second kappa shape index (κ2) is 7.72. The van der Waals surface area contributed by atoms with Crippen molar-refractivity contribution >= 4 is 5.91 Å². The fourth-order valence-electron chi connectivity index (χ4n) is 3.69. The van der Waals surface area contributed by atoms with Crippen LogP contribution in [0.2, 0.25) is 0 Å². The van der Waals surface area contributed by atoms with Crippen LogP contribution in [0.4, 0.5) is 0 Å². The molecule has 1 amide bonds. The van der Waals surface area contributed by atoms with Gasteiger partial charge in [0.1, 0.15) is 6.33 Å². The molecule has 0 unspecified atom stereocenters. The Morgan fingerprint density at radius 3 is 2.85 bits per heavy atom. The first-order chi connectivity index (χ1) is 12.8. The van der Waals surface area contributed by atoms with E-state index in [1.54, 1.807) is 4.68 Å². The maximum atomic E-state index is 13.0.